The first-order valence-electron chi connectivity index (χ1n) is 8.98. The van der Waals surface area contributed by atoms with Gasteiger partial charge >= 0.3 is 0 Å². The van der Waals surface area contributed by atoms with Crippen LogP contribution in [0.3, 0.4) is 0 Å². The van der Waals surface area contributed by atoms with E-state index >= 15 is 0 Å². The van der Waals surface area contributed by atoms with E-state index in [1.807, 2.05) is 42.5 Å². The van der Waals surface area contributed by atoms with E-state index in [4.69, 9.17) is 8.83 Å². The third-order valence-electron chi connectivity index (χ3n) is 4.16. The summed E-state index contributed by atoms with van der Waals surface area (Å²) in [4.78, 5) is 4.62. The number of nitrogens with zero attached hydrogens (tertiary/aromatic N) is 1. The molecule has 27 heavy (non-hydrogen) atoms. The van der Waals surface area contributed by atoms with Crippen molar-refractivity contribution in [3.8, 4) is 0 Å². The summed E-state index contributed by atoms with van der Waals surface area (Å²) >= 11 is 0. The fourth-order valence-electron chi connectivity index (χ4n) is 2.61. The summed E-state index contributed by atoms with van der Waals surface area (Å²) in [5.41, 5.74) is -0.0258. The summed E-state index contributed by atoms with van der Waals surface area (Å²) in [5, 5.41) is 17.1. The Morgan fingerprint density at radius 2 is 1.78 bits per heavy atom. The molecule has 0 aliphatic heterocycles. The second-order valence-electron chi connectivity index (χ2n) is 6.51. The predicted octanol–water partition coefficient (Wildman–Crippen LogP) is 3.06. The molecule has 2 aromatic heterocycles. The lowest BCUT2D eigenvalue weighted by atomic mass is 10.0. The van der Waals surface area contributed by atoms with Crippen molar-refractivity contribution >= 4 is 5.96 Å². The lowest BCUT2D eigenvalue weighted by Crippen LogP contribution is -2.45. The minimum absolute atomic E-state index is 0.266. The summed E-state index contributed by atoms with van der Waals surface area (Å²) in [6, 6.07) is 17.4. The van der Waals surface area contributed by atoms with Gasteiger partial charge in [0.15, 0.2) is 5.96 Å². The minimum Gasteiger partial charge on any atom is -0.469 e. The van der Waals surface area contributed by atoms with Crippen LogP contribution >= 0.6 is 0 Å². The number of aliphatic imine (C=N–C) groups is 1. The Balaban J connectivity index is 1.61. The van der Waals surface area contributed by atoms with E-state index in [0.29, 0.717) is 24.8 Å². The van der Waals surface area contributed by atoms with Gasteiger partial charge in [-0.15, -0.1) is 0 Å². The lowest BCUT2D eigenvalue weighted by molar-refractivity contribution is 0.0386. The fraction of sp³-hybridized carbons (Fsp3) is 0.286. The third kappa shape index (κ3) is 5.76. The SMILES string of the molecule is CC(O)(CNC(=NCc1ccccc1)NCCc1ccco1)c1ccco1. The molecule has 3 rings (SSSR count). The van der Waals surface area contributed by atoms with Crippen LogP contribution in [0.4, 0.5) is 0 Å². The summed E-state index contributed by atoms with van der Waals surface area (Å²) in [7, 11) is 0. The second kappa shape index (κ2) is 9.09. The Labute approximate surface area is 158 Å². The van der Waals surface area contributed by atoms with Crippen molar-refractivity contribution in [1.82, 2.24) is 10.6 Å². The van der Waals surface area contributed by atoms with Crippen LogP contribution in [0.2, 0.25) is 0 Å². The fourth-order valence-corrected chi connectivity index (χ4v) is 2.61. The second-order valence-corrected chi connectivity index (χ2v) is 6.51. The number of hydrogen-bond acceptors (Lipinski definition) is 4. The van der Waals surface area contributed by atoms with Gasteiger partial charge in [-0.2, -0.15) is 0 Å². The summed E-state index contributed by atoms with van der Waals surface area (Å²) in [5.74, 6) is 2.04. The molecule has 0 aliphatic carbocycles. The van der Waals surface area contributed by atoms with Crippen LogP contribution in [0.5, 0.6) is 0 Å². The maximum atomic E-state index is 10.6. The van der Waals surface area contributed by atoms with Gasteiger partial charge in [0.2, 0.25) is 0 Å². The largest absolute Gasteiger partial charge is 0.469 e. The molecule has 6 heteroatoms. The predicted molar refractivity (Wildman–Crippen MR) is 104 cm³/mol. The van der Waals surface area contributed by atoms with Gasteiger partial charge in [0, 0.05) is 13.0 Å². The van der Waals surface area contributed by atoms with Crippen molar-refractivity contribution in [2.45, 2.75) is 25.5 Å². The molecule has 3 aromatic rings. The monoisotopic (exact) mass is 367 g/mol. The summed E-state index contributed by atoms with van der Waals surface area (Å²) < 4.78 is 10.7. The van der Waals surface area contributed by atoms with E-state index in [1.165, 1.54) is 0 Å². The number of rotatable bonds is 8. The highest BCUT2D eigenvalue weighted by atomic mass is 16.4. The van der Waals surface area contributed by atoms with Gasteiger partial charge < -0.3 is 24.6 Å². The maximum absolute atomic E-state index is 10.6. The number of aliphatic hydroxyl groups is 1. The number of hydrogen-bond donors (Lipinski definition) is 3. The van der Waals surface area contributed by atoms with Crippen LogP contribution in [0.1, 0.15) is 24.0 Å². The van der Waals surface area contributed by atoms with Gasteiger partial charge in [0.1, 0.15) is 17.1 Å². The highest BCUT2D eigenvalue weighted by molar-refractivity contribution is 5.79. The number of benzene rings is 1. The minimum atomic E-state index is -1.14. The molecule has 2 heterocycles. The Morgan fingerprint density at radius 3 is 2.48 bits per heavy atom. The molecule has 1 aromatic carbocycles. The van der Waals surface area contributed by atoms with Gasteiger partial charge in [-0.05, 0) is 36.8 Å². The first-order chi connectivity index (χ1) is 13.1. The molecule has 0 bridgehead atoms. The Bertz CT molecular complexity index is 810. The first-order valence-corrected chi connectivity index (χ1v) is 8.98. The van der Waals surface area contributed by atoms with Crippen molar-refractivity contribution in [2.24, 2.45) is 4.99 Å². The first kappa shape index (κ1) is 18.8. The van der Waals surface area contributed by atoms with E-state index in [2.05, 4.69) is 15.6 Å². The van der Waals surface area contributed by atoms with Gasteiger partial charge in [-0.1, -0.05) is 30.3 Å². The van der Waals surface area contributed by atoms with E-state index < -0.39 is 5.60 Å². The van der Waals surface area contributed by atoms with Crippen LogP contribution in [-0.4, -0.2) is 24.2 Å². The molecule has 1 atom stereocenters. The van der Waals surface area contributed by atoms with Crippen molar-refractivity contribution in [1.29, 1.82) is 0 Å². The molecule has 0 aliphatic rings. The zero-order valence-electron chi connectivity index (χ0n) is 15.4. The molecular formula is C21H25N3O3. The number of furan rings is 2. The molecular weight excluding hydrogens is 342 g/mol. The zero-order chi connectivity index (χ0) is 19.0. The Morgan fingerprint density at radius 1 is 1.00 bits per heavy atom. The van der Waals surface area contributed by atoms with Gasteiger partial charge in [0.05, 0.1) is 25.6 Å². The van der Waals surface area contributed by atoms with E-state index in [1.54, 1.807) is 31.6 Å². The maximum Gasteiger partial charge on any atom is 0.191 e. The number of guanidine groups is 1. The van der Waals surface area contributed by atoms with Crippen LogP contribution < -0.4 is 10.6 Å². The van der Waals surface area contributed by atoms with Crippen LogP contribution in [-0.2, 0) is 18.6 Å². The van der Waals surface area contributed by atoms with E-state index in [-0.39, 0.29) is 6.54 Å². The third-order valence-corrected chi connectivity index (χ3v) is 4.16. The molecule has 6 nitrogen and oxygen atoms in total. The Hall–Kier alpha value is -2.99. The zero-order valence-corrected chi connectivity index (χ0v) is 15.4. The normalized spacial score (nSPS) is 13.9. The highest BCUT2D eigenvalue weighted by Gasteiger charge is 2.26. The molecule has 0 saturated heterocycles. The molecule has 0 spiro atoms. The molecule has 3 N–H and O–H groups in total. The molecule has 1 unspecified atom stereocenters. The molecule has 0 radical (unpaired) electrons. The molecule has 0 saturated carbocycles. The van der Waals surface area contributed by atoms with E-state index in [0.717, 1.165) is 17.7 Å². The standard InChI is InChI=1S/C21H25N3O3/c1-21(25,19-10-6-14-27-19)16-24-20(22-12-11-18-9-5-13-26-18)23-15-17-7-3-2-4-8-17/h2-10,13-14,25H,11-12,15-16H2,1H3,(H2,22,23,24). The molecule has 0 amide bonds. The van der Waals surface area contributed by atoms with Crippen LogP contribution in [0, 0.1) is 0 Å². The van der Waals surface area contributed by atoms with E-state index in [9.17, 15) is 5.11 Å². The quantitative estimate of drug-likeness (QED) is 0.421. The van der Waals surface area contributed by atoms with Gasteiger partial charge in [-0.3, -0.25) is 0 Å². The smallest absolute Gasteiger partial charge is 0.191 e. The Kier molecular flexibility index (Phi) is 6.33. The average Bonchev–Trinajstić information content (AvgIpc) is 3.38. The summed E-state index contributed by atoms with van der Waals surface area (Å²) in [6.07, 6.45) is 3.96. The highest BCUT2D eigenvalue weighted by Crippen LogP contribution is 2.19. The van der Waals surface area contributed by atoms with Gasteiger partial charge in [0.25, 0.3) is 0 Å². The summed E-state index contributed by atoms with van der Waals surface area (Å²) in [6.45, 7) is 3.18. The average molecular weight is 367 g/mol. The van der Waals surface area contributed by atoms with Gasteiger partial charge in [-0.25, -0.2) is 4.99 Å². The van der Waals surface area contributed by atoms with Crippen LogP contribution in [0.15, 0.2) is 81.0 Å². The van der Waals surface area contributed by atoms with Crippen molar-refractivity contribution in [2.75, 3.05) is 13.1 Å². The van der Waals surface area contributed by atoms with Crippen molar-refractivity contribution in [3.63, 3.8) is 0 Å². The molecule has 0 fully saturated rings. The van der Waals surface area contributed by atoms with Crippen LogP contribution in [0.25, 0.3) is 0 Å². The van der Waals surface area contributed by atoms with Crippen molar-refractivity contribution < 1.29 is 13.9 Å². The topological polar surface area (TPSA) is 82.9 Å². The van der Waals surface area contributed by atoms with Crippen molar-refractivity contribution in [3.05, 3.63) is 84.2 Å². The molecule has 142 valence electrons. The number of nitrogens with one attached hydrogen (secondary N) is 2. The lowest BCUT2D eigenvalue weighted by Gasteiger charge is -2.23.